The standard InChI is InChI=1S/C14H19FN2O/c15-12-2-1-11(10-14(16)3-4-14)13(9-12)17-5-7-18-8-6-17/h1-2,9H,3-8,10,16H2. The fraction of sp³-hybridized carbons (Fsp3) is 0.571. The van der Waals surface area contributed by atoms with Crippen LogP contribution in [0, 0.1) is 5.82 Å². The molecule has 0 bridgehead atoms. The summed E-state index contributed by atoms with van der Waals surface area (Å²) in [5.41, 5.74) is 8.30. The lowest BCUT2D eigenvalue weighted by Gasteiger charge is -2.31. The van der Waals surface area contributed by atoms with Gasteiger partial charge in [0.15, 0.2) is 0 Å². The number of anilines is 1. The van der Waals surface area contributed by atoms with Crippen molar-refractivity contribution >= 4 is 5.69 Å². The van der Waals surface area contributed by atoms with Crippen molar-refractivity contribution in [3.8, 4) is 0 Å². The van der Waals surface area contributed by atoms with Crippen molar-refractivity contribution in [2.45, 2.75) is 24.8 Å². The second-order valence-corrected chi connectivity index (χ2v) is 5.41. The minimum Gasteiger partial charge on any atom is -0.378 e. The average molecular weight is 250 g/mol. The number of nitrogens with two attached hydrogens (primary N) is 1. The van der Waals surface area contributed by atoms with Crippen molar-refractivity contribution < 1.29 is 9.13 Å². The highest BCUT2D eigenvalue weighted by molar-refractivity contribution is 5.55. The van der Waals surface area contributed by atoms with E-state index in [1.807, 2.05) is 6.07 Å². The second-order valence-electron chi connectivity index (χ2n) is 5.41. The highest BCUT2D eigenvalue weighted by Gasteiger charge is 2.38. The highest BCUT2D eigenvalue weighted by atomic mass is 19.1. The molecule has 1 aromatic rings. The molecule has 1 saturated carbocycles. The molecule has 2 aliphatic rings. The van der Waals surface area contributed by atoms with Gasteiger partial charge in [0.05, 0.1) is 13.2 Å². The molecule has 3 rings (SSSR count). The quantitative estimate of drug-likeness (QED) is 0.887. The number of morpholine rings is 1. The van der Waals surface area contributed by atoms with Crippen molar-refractivity contribution in [2.24, 2.45) is 5.73 Å². The summed E-state index contributed by atoms with van der Waals surface area (Å²) in [5.74, 6) is -0.179. The molecule has 0 radical (unpaired) electrons. The van der Waals surface area contributed by atoms with E-state index in [0.717, 1.165) is 38.0 Å². The molecule has 18 heavy (non-hydrogen) atoms. The van der Waals surface area contributed by atoms with Gasteiger partial charge in [-0.15, -0.1) is 0 Å². The topological polar surface area (TPSA) is 38.5 Å². The van der Waals surface area contributed by atoms with Gasteiger partial charge in [-0.2, -0.15) is 0 Å². The first-order valence-corrected chi connectivity index (χ1v) is 6.56. The molecule has 1 heterocycles. The van der Waals surface area contributed by atoms with Gasteiger partial charge in [0.1, 0.15) is 5.82 Å². The summed E-state index contributed by atoms with van der Waals surface area (Å²) in [6.07, 6.45) is 3.00. The van der Waals surface area contributed by atoms with Crippen LogP contribution in [0.15, 0.2) is 18.2 Å². The van der Waals surface area contributed by atoms with Crippen LogP contribution < -0.4 is 10.6 Å². The fourth-order valence-corrected chi connectivity index (χ4v) is 2.50. The van der Waals surface area contributed by atoms with Crippen LogP contribution in [0.1, 0.15) is 18.4 Å². The zero-order valence-corrected chi connectivity index (χ0v) is 10.5. The summed E-state index contributed by atoms with van der Waals surface area (Å²) in [6.45, 7) is 3.08. The summed E-state index contributed by atoms with van der Waals surface area (Å²) >= 11 is 0. The van der Waals surface area contributed by atoms with Crippen molar-refractivity contribution in [2.75, 3.05) is 31.2 Å². The van der Waals surface area contributed by atoms with Crippen LogP contribution in [-0.4, -0.2) is 31.8 Å². The number of hydrogen-bond donors (Lipinski definition) is 1. The number of ether oxygens (including phenoxy) is 1. The number of benzene rings is 1. The summed E-state index contributed by atoms with van der Waals surface area (Å²) in [6, 6.07) is 5.05. The Balaban J connectivity index is 1.87. The van der Waals surface area contributed by atoms with E-state index in [2.05, 4.69) is 4.90 Å². The summed E-state index contributed by atoms with van der Waals surface area (Å²) in [5, 5.41) is 0. The van der Waals surface area contributed by atoms with Gasteiger partial charge < -0.3 is 15.4 Å². The number of hydrogen-bond acceptors (Lipinski definition) is 3. The molecule has 0 unspecified atom stereocenters. The number of rotatable bonds is 3. The molecule has 2 N–H and O–H groups in total. The molecule has 3 nitrogen and oxygen atoms in total. The maximum Gasteiger partial charge on any atom is 0.125 e. The lowest BCUT2D eigenvalue weighted by Crippen LogP contribution is -2.37. The van der Waals surface area contributed by atoms with Crippen LogP contribution in [-0.2, 0) is 11.2 Å². The van der Waals surface area contributed by atoms with Crippen molar-refractivity contribution in [1.82, 2.24) is 0 Å². The highest BCUT2D eigenvalue weighted by Crippen LogP contribution is 2.38. The zero-order chi connectivity index (χ0) is 12.6. The molecule has 0 spiro atoms. The third kappa shape index (κ3) is 2.49. The maximum atomic E-state index is 13.5. The third-order valence-corrected chi connectivity index (χ3v) is 3.83. The van der Waals surface area contributed by atoms with Gasteiger partial charge in [-0.25, -0.2) is 4.39 Å². The van der Waals surface area contributed by atoms with Crippen LogP contribution in [0.3, 0.4) is 0 Å². The normalized spacial score (nSPS) is 22.0. The second kappa shape index (κ2) is 4.52. The Morgan fingerprint density at radius 1 is 1.28 bits per heavy atom. The molecule has 98 valence electrons. The predicted molar refractivity (Wildman–Crippen MR) is 69.3 cm³/mol. The Morgan fingerprint density at radius 3 is 2.67 bits per heavy atom. The van der Waals surface area contributed by atoms with E-state index in [1.165, 1.54) is 11.6 Å². The largest absolute Gasteiger partial charge is 0.378 e. The molecular weight excluding hydrogens is 231 g/mol. The molecule has 4 heteroatoms. The van der Waals surface area contributed by atoms with E-state index in [4.69, 9.17) is 10.5 Å². The summed E-state index contributed by atoms with van der Waals surface area (Å²) in [4.78, 5) is 2.20. The lowest BCUT2D eigenvalue weighted by molar-refractivity contribution is 0.122. The maximum absolute atomic E-state index is 13.5. The van der Waals surface area contributed by atoms with E-state index < -0.39 is 0 Å². The molecule has 1 saturated heterocycles. The Labute approximate surface area is 107 Å². The monoisotopic (exact) mass is 250 g/mol. The van der Waals surface area contributed by atoms with Crippen LogP contribution in [0.2, 0.25) is 0 Å². The first-order valence-electron chi connectivity index (χ1n) is 6.56. The van der Waals surface area contributed by atoms with E-state index >= 15 is 0 Å². The number of halogens is 1. The Bertz CT molecular complexity index is 439. The molecule has 0 amide bonds. The van der Waals surface area contributed by atoms with E-state index in [9.17, 15) is 4.39 Å². The molecule has 0 atom stereocenters. The van der Waals surface area contributed by atoms with Gasteiger partial charge in [-0.05, 0) is 37.0 Å². The van der Waals surface area contributed by atoms with E-state index in [1.54, 1.807) is 6.07 Å². The van der Waals surface area contributed by atoms with Crippen molar-refractivity contribution in [1.29, 1.82) is 0 Å². The Morgan fingerprint density at radius 2 is 2.00 bits per heavy atom. The zero-order valence-electron chi connectivity index (χ0n) is 10.5. The Hall–Kier alpha value is -1.13. The van der Waals surface area contributed by atoms with Crippen LogP contribution >= 0.6 is 0 Å². The molecular formula is C14H19FN2O. The fourth-order valence-electron chi connectivity index (χ4n) is 2.50. The van der Waals surface area contributed by atoms with Gasteiger partial charge in [-0.1, -0.05) is 6.07 Å². The van der Waals surface area contributed by atoms with Crippen molar-refractivity contribution in [3.05, 3.63) is 29.6 Å². The third-order valence-electron chi connectivity index (χ3n) is 3.83. The smallest absolute Gasteiger partial charge is 0.125 e. The van der Waals surface area contributed by atoms with Gasteiger partial charge in [0, 0.05) is 24.3 Å². The minimum absolute atomic E-state index is 0.0428. The molecule has 1 aliphatic heterocycles. The van der Waals surface area contributed by atoms with Gasteiger partial charge in [0.2, 0.25) is 0 Å². The summed E-state index contributed by atoms with van der Waals surface area (Å²) in [7, 11) is 0. The summed E-state index contributed by atoms with van der Waals surface area (Å²) < 4.78 is 18.8. The average Bonchev–Trinajstić information content (AvgIpc) is 3.10. The van der Waals surface area contributed by atoms with Crippen LogP contribution in [0.4, 0.5) is 10.1 Å². The molecule has 1 aromatic carbocycles. The van der Waals surface area contributed by atoms with Crippen molar-refractivity contribution in [3.63, 3.8) is 0 Å². The van der Waals surface area contributed by atoms with Crippen LogP contribution in [0.25, 0.3) is 0 Å². The first-order chi connectivity index (χ1) is 8.66. The minimum atomic E-state index is -0.179. The van der Waals surface area contributed by atoms with E-state index in [-0.39, 0.29) is 11.4 Å². The number of nitrogens with zero attached hydrogens (tertiary/aromatic N) is 1. The molecule has 0 aromatic heterocycles. The molecule has 2 fully saturated rings. The molecule has 1 aliphatic carbocycles. The van der Waals surface area contributed by atoms with E-state index in [0.29, 0.717) is 13.2 Å². The van der Waals surface area contributed by atoms with Crippen LogP contribution in [0.5, 0.6) is 0 Å². The van der Waals surface area contributed by atoms with Gasteiger partial charge in [0.25, 0.3) is 0 Å². The SMILES string of the molecule is NC1(Cc2ccc(F)cc2N2CCOCC2)CC1. The Kier molecular flexibility index (Phi) is 2.99. The lowest BCUT2D eigenvalue weighted by atomic mass is 10.0. The predicted octanol–water partition coefficient (Wildman–Crippen LogP) is 1.70. The van der Waals surface area contributed by atoms with Gasteiger partial charge in [-0.3, -0.25) is 0 Å². The van der Waals surface area contributed by atoms with Gasteiger partial charge >= 0.3 is 0 Å². The first kappa shape index (κ1) is 11.9.